The van der Waals surface area contributed by atoms with Crippen LogP contribution in [0.5, 0.6) is 0 Å². The number of sulfonamides is 1. The normalized spacial score (nSPS) is 18.9. The second-order valence-electron chi connectivity index (χ2n) is 5.09. The number of rotatable bonds is 3. The summed E-state index contributed by atoms with van der Waals surface area (Å²) in [7, 11) is -3.98. The third-order valence-corrected chi connectivity index (χ3v) is 5.50. The molecule has 112 valence electrons. The molecule has 0 bridgehead atoms. The molecule has 3 N–H and O–H groups in total. The fraction of sp³-hybridized carbons (Fsp3) is 0.500. The molecule has 0 aromatic heterocycles. The minimum atomic E-state index is -3.98. The molecule has 0 spiro atoms. The Kier molecular flexibility index (Phi) is 4.38. The molecule has 0 amide bonds. The van der Waals surface area contributed by atoms with E-state index in [1.54, 1.807) is 6.92 Å². The molecule has 1 saturated heterocycles. The third kappa shape index (κ3) is 3.30. The first-order valence-electron chi connectivity index (χ1n) is 6.10. The van der Waals surface area contributed by atoms with Crippen molar-refractivity contribution in [1.29, 1.82) is 0 Å². The smallest absolute Gasteiger partial charge is 0.244 e. The fourth-order valence-corrected chi connectivity index (χ4v) is 4.29. The van der Waals surface area contributed by atoms with Crippen molar-refractivity contribution in [2.45, 2.75) is 30.2 Å². The first-order chi connectivity index (χ1) is 9.23. The van der Waals surface area contributed by atoms with Gasteiger partial charge in [0.05, 0.1) is 4.47 Å². The number of hydrogen-bond acceptors (Lipinski definition) is 4. The van der Waals surface area contributed by atoms with Gasteiger partial charge in [-0.15, -0.1) is 0 Å². The average Bonchev–Trinajstić information content (AvgIpc) is 2.33. The fourth-order valence-electron chi connectivity index (χ4n) is 2.08. The van der Waals surface area contributed by atoms with Gasteiger partial charge in [0.1, 0.15) is 4.90 Å². The molecule has 1 heterocycles. The summed E-state index contributed by atoms with van der Waals surface area (Å²) < 4.78 is 46.5. The van der Waals surface area contributed by atoms with Crippen LogP contribution in [0, 0.1) is 5.82 Å². The molecule has 1 fully saturated rings. The molecule has 20 heavy (non-hydrogen) atoms. The molecule has 2 rings (SSSR count). The van der Waals surface area contributed by atoms with Crippen LogP contribution >= 0.6 is 15.9 Å². The van der Waals surface area contributed by atoms with Crippen LogP contribution in [0.4, 0.5) is 10.1 Å². The molecular weight excluding hydrogens is 351 g/mol. The van der Waals surface area contributed by atoms with E-state index in [9.17, 15) is 12.8 Å². The lowest BCUT2D eigenvalue weighted by molar-refractivity contribution is 0.0537. The quantitative estimate of drug-likeness (QED) is 0.801. The van der Waals surface area contributed by atoms with Crippen molar-refractivity contribution in [2.75, 3.05) is 18.9 Å². The molecule has 1 aliphatic heterocycles. The van der Waals surface area contributed by atoms with Crippen LogP contribution in [0.25, 0.3) is 0 Å². The Labute approximate surface area is 125 Å². The molecule has 5 nitrogen and oxygen atoms in total. The summed E-state index contributed by atoms with van der Waals surface area (Å²) >= 11 is 2.96. The van der Waals surface area contributed by atoms with Crippen LogP contribution < -0.4 is 10.5 Å². The van der Waals surface area contributed by atoms with E-state index in [1.807, 2.05) is 0 Å². The highest BCUT2D eigenvalue weighted by atomic mass is 79.9. The third-order valence-electron chi connectivity index (χ3n) is 3.28. The van der Waals surface area contributed by atoms with Crippen molar-refractivity contribution >= 4 is 31.6 Å². The Balaban J connectivity index is 2.36. The average molecular weight is 367 g/mol. The van der Waals surface area contributed by atoms with Crippen molar-refractivity contribution in [3.63, 3.8) is 0 Å². The molecule has 8 heteroatoms. The lowest BCUT2D eigenvalue weighted by Gasteiger charge is -2.34. The number of halogens is 2. The summed E-state index contributed by atoms with van der Waals surface area (Å²) in [6, 6.07) is 2.44. The summed E-state index contributed by atoms with van der Waals surface area (Å²) in [4.78, 5) is -0.447. The summed E-state index contributed by atoms with van der Waals surface area (Å²) in [5.41, 5.74) is 5.12. The summed E-state index contributed by atoms with van der Waals surface area (Å²) in [6.45, 7) is 2.73. The van der Waals surface area contributed by atoms with Gasteiger partial charge in [-0.3, -0.25) is 0 Å². The highest BCUT2D eigenvalue weighted by molar-refractivity contribution is 9.10. The molecule has 0 saturated carbocycles. The van der Waals surface area contributed by atoms with E-state index in [0.717, 1.165) is 6.07 Å². The van der Waals surface area contributed by atoms with Gasteiger partial charge in [-0.05, 0) is 47.8 Å². The standard InChI is InChI=1S/C12H16BrFN2O3S/c1-12(2-4-19-5-3-12)16-20(17,18)10-7-8(15)6-9(13)11(10)14/h6-7,16H,2-5,15H2,1H3. The molecule has 0 radical (unpaired) electrons. The lowest BCUT2D eigenvalue weighted by atomic mass is 9.94. The maximum atomic E-state index is 14.0. The predicted octanol–water partition coefficient (Wildman–Crippen LogP) is 2.02. The van der Waals surface area contributed by atoms with Gasteiger partial charge in [0.25, 0.3) is 0 Å². The number of hydrogen-bond donors (Lipinski definition) is 2. The maximum Gasteiger partial charge on any atom is 0.244 e. The number of benzene rings is 1. The van der Waals surface area contributed by atoms with Gasteiger partial charge in [0, 0.05) is 24.4 Å². The van der Waals surface area contributed by atoms with E-state index in [2.05, 4.69) is 20.7 Å². The van der Waals surface area contributed by atoms with E-state index >= 15 is 0 Å². The number of nitrogen functional groups attached to an aromatic ring is 1. The van der Waals surface area contributed by atoms with Gasteiger partial charge in [-0.25, -0.2) is 17.5 Å². The second kappa shape index (κ2) is 5.59. The Morgan fingerprint density at radius 2 is 2.00 bits per heavy atom. The zero-order valence-corrected chi connectivity index (χ0v) is 13.4. The van der Waals surface area contributed by atoms with E-state index in [1.165, 1.54) is 6.07 Å². The van der Waals surface area contributed by atoms with Gasteiger partial charge in [-0.2, -0.15) is 0 Å². The minimum Gasteiger partial charge on any atom is -0.399 e. The van der Waals surface area contributed by atoms with Gasteiger partial charge in [-0.1, -0.05) is 0 Å². The Morgan fingerprint density at radius 3 is 2.60 bits per heavy atom. The Bertz CT molecular complexity index is 615. The van der Waals surface area contributed by atoms with Crippen molar-refractivity contribution < 1.29 is 17.5 Å². The zero-order chi connectivity index (χ0) is 15.0. The zero-order valence-electron chi connectivity index (χ0n) is 10.9. The van der Waals surface area contributed by atoms with E-state index in [4.69, 9.17) is 10.5 Å². The topological polar surface area (TPSA) is 81.4 Å². The highest BCUT2D eigenvalue weighted by Gasteiger charge is 2.34. The van der Waals surface area contributed by atoms with Gasteiger partial charge in [0.15, 0.2) is 5.82 Å². The molecule has 0 unspecified atom stereocenters. The highest BCUT2D eigenvalue weighted by Crippen LogP contribution is 2.28. The largest absolute Gasteiger partial charge is 0.399 e. The molecule has 1 aromatic rings. The summed E-state index contributed by atoms with van der Waals surface area (Å²) in [6.07, 6.45) is 1.08. The molecule has 0 atom stereocenters. The number of nitrogens with two attached hydrogens (primary N) is 1. The van der Waals surface area contributed by atoms with Crippen LogP contribution in [0.1, 0.15) is 19.8 Å². The van der Waals surface area contributed by atoms with Gasteiger partial charge >= 0.3 is 0 Å². The SMILES string of the molecule is CC1(NS(=O)(=O)c2cc(N)cc(Br)c2F)CCOCC1. The van der Waals surface area contributed by atoms with Crippen molar-refractivity contribution in [3.05, 3.63) is 22.4 Å². The molecule has 1 aliphatic rings. The Hall–Kier alpha value is -0.700. The first kappa shape index (κ1) is 15.7. The van der Waals surface area contributed by atoms with Crippen LogP contribution in [0.2, 0.25) is 0 Å². The summed E-state index contributed by atoms with van der Waals surface area (Å²) in [5.74, 6) is -0.845. The van der Waals surface area contributed by atoms with Crippen molar-refractivity contribution in [1.82, 2.24) is 4.72 Å². The second-order valence-corrected chi connectivity index (χ2v) is 7.60. The van der Waals surface area contributed by atoms with Gasteiger partial charge < -0.3 is 10.5 Å². The molecule has 1 aromatic carbocycles. The number of ether oxygens (including phenoxy) is 1. The lowest BCUT2D eigenvalue weighted by Crippen LogP contribution is -2.49. The van der Waals surface area contributed by atoms with E-state index < -0.39 is 26.3 Å². The van der Waals surface area contributed by atoms with E-state index in [-0.39, 0.29) is 10.2 Å². The minimum absolute atomic E-state index is 0.0232. The monoisotopic (exact) mass is 366 g/mol. The van der Waals surface area contributed by atoms with Crippen LogP contribution in [-0.2, 0) is 14.8 Å². The number of nitrogens with one attached hydrogen (secondary N) is 1. The van der Waals surface area contributed by atoms with Crippen molar-refractivity contribution in [2.24, 2.45) is 0 Å². The van der Waals surface area contributed by atoms with Crippen LogP contribution in [-0.4, -0.2) is 27.2 Å². The predicted molar refractivity (Wildman–Crippen MR) is 77.3 cm³/mol. The van der Waals surface area contributed by atoms with Crippen molar-refractivity contribution in [3.8, 4) is 0 Å². The first-order valence-corrected chi connectivity index (χ1v) is 8.37. The van der Waals surface area contributed by atoms with Crippen LogP contribution in [0.15, 0.2) is 21.5 Å². The maximum absolute atomic E-state index is 14.0. The molecule has 0 aliphatic carbocycles. The summed E-state index contributed by atoms with van der Waals surface area (Å²) in [5, 5.41) is 0. The Morgan fingerprint density at radius 1 is 1.40 bits per heavy atom. The number of anilines is 1. The molecular formula is C12H16BrFN2O3S. The van der Waals surface area contributed by atoms with E-state index in [0.29, 0.717) is 26.1 Å². The van der Waals surface area contributed by atoms with Gasteiger partial charge in [0.2, 0.25) is 10.0 Å². The van der Waals surface area contributed by atoms with Crippen LogP contribution in [0.3, 0.4) is 0 Å².